The zero-order chi connectivity index (χ0) is 14.0. The van der Waals surface area contributed by atoms with Crippen LogP contribution in [-0.2, 0) is 4.74 Å². The maximum absolute atomic E-state index is 11.7. The van der Waals surface area contributed by atoms with Gasteiger partial charge in [-0.15, -0.1) is 0 Å². The summed E-state index contributed by atoms with van der Waals surface area (Å²) < 4.78 is 6.47. The van der Waals surface area contributed by atoms with E-state index in [1.54, 1.807) is 0 Å². The second kappa shape index (κ2) is 5.66. The number of aliphatic hydroxyl groups excluding tert-OH is 3. The minimum absolute atomic E-state index is 0.0550. The van der Waals surface area contributed by atoms with E-state index in [-0.39, 0.29) is 19.8 Å². The molecule has 0 aliphatic carbocycles. The van der Waals surface area contributed by atoms with E-state index >= 15 is 0 Å². The van der Waals surface area contributed by atoms with Crippen molar-refractivity contribution < 1.29 is 20.1 Å². The molecule has 8 nitrogen and oxygen atoms in total. The molecule has 0 amide bonds. The molecule has 0 radical (unpaired) electrons. The quantitative estimate of drug-likeness (QED) is 0.479. The predicted molar refractivity (Wildman–Crippen MR) is 63.8 cm³/mol. The van der Waals surface area contributed by atoms with Crippen molar-refractivity contribution in [2.24, 2.45) is 5.92 Å². The van der Waals surface area contributed by atoms with E-state index in [1.807, 2.05) is 0 Å². The van der Waals surface area contributed by atoms with E-state index in [2.05, 4.69) is 4.98 Å². The summed E-state index contributed by atoms with van der Waals surface area (Å²) in [6.07, 6.45) is -0.580. The van der Waals surface area contributed by atoms with Crippen molar-refractivity contribution in [2.45, 2.75) is 18.2 Å². The third-order valence-electron chi connectivity index (χ3n) is 3.39. The van der Waals surface area contributed by atoms with Crippen LogP contribution in [0.2, 0.25) is 0 Å². The molecule has 1 aliphatic heterocycles. The number of hydrogen-bond donors (Lipinski definition) is 4. The van der Waals surface area contributed by atoms with Crippen molar-refractivity contribution in [3.63, 3.8) is 0 Å². The average molecular weight is 272 g/mol. The highest BCUT2D eigenvalue weighted by Crippen LogP contribution is 2.28. The smallest absolute Gasteiger partial charge is 0.328 e. The van der Waals surface area contributed by atoms with Gasteiger partial charge < -0.3 is 20.1 Å². The van der Waals surface area contributed by atoms with Crippen molar-refractivity contribution >= 4 is 0 Å². The van der Waals surface area contributed by atoms with Crippen LogP contribution in [0.25, 0.3) is 0 Å². The average Bonchev–Trinajstić information content (AvgIpc) is 2.38. The Hall–Kier alpha value is -1.48. The lowest BCUT2D eigenvalue weighted by Gasteiger charge is -2.39. The number of aromatic amines is 1. The molecule has 0 spiro atoms. The van der Waals surface area contributed by atoms with Crippen LogP contribution in [0.1, 0.15) is 6.04 Å². The van der Waals surface area contributed by atoms with Crippen LogP contribution in [0, 0.1) is 5.92 Å². The summed E-state index contributed by atoms with van der Waals surface area (Å²) in [6, 6.07) is 0.576. The minimum Gasteiger partial charge on any atom is -0.396 e. The lowest BCUT2D eigenvalue weighted by Crippen LogP contribution is -2.52. The van der Waals surface area contributed by atoms with Crippen LogP contribution in [-0.4, -0.2) is 56.9 Å². The Balaban J connectivity index is 2.33. The van der Waals surface area contributed by atoms with Gasteiger partial charge in [-0.2, -0.15) is 0 Å². The van der Waals surface area contributed by atoms with Crippen LogP contribution in [0.3, 0.4) is 0 Å². The molecular weight excluding hydrogens is 256 g/mol. The largest absolute Gasteiger partial charge is 0.396 e. The van der Waals surface area contributed by atoms with E-state index in [1.165, 1.54) is 16.8 Å². The van der Waals surface area contributed by atoms with Gasteiger partial charge in [0, 0.05) is 18.2 Å². The lowest BCUT2D eigenvalue weighted by atomic mass is 9.88. The highest BCUT2D eigenvalue weighted by atomic mass is 16.5. The number of nitrogens with one attached hydrogen (secondary N) is 1. The number of rotatable bonds is 3. The van der Waals surface area contributed by atoms with Gasteiger partial charge in [-0.1, -0.05) is 0 Å². The molecule has 2 rings (SSSR count). The lowest BCUT2D eigenvalue weighted by molar-refractivity contribution is -0.152. The zero-order valence-corrected chi connectivity index (χ0v) is 10.1. The number of hydrogen-bond acceptors (Lipinski definition) is 6. The summed E-state index contributed by atoms with van der Waals surface area (Å²) in [6.45, 7) is -0.679. The molecule has 8 heteroatoms. The first kappa shape index (κ1) is 13.9. The molecule has 1 aliphatic rings. The van der Waals surface area contributed by atoms with Gasteiger partial charge in [0.25, 0.3) is 5.56 Å². The first-order valence-electron chi connectivity index (χ1n) is 5.91. The molecule has 0 bridgehead atoms. The summed E-state index contributed by atoms with van der Waals surface area (Å²) in [4.78, 5) is 24.8. The SMILES string of the molecule is O=c1ccn([C@@H]2CO[C@H](CO)[C@@H](O)C2CO)c(=O)[nH]1. The zero-order valence-electron chi connectivity index (χ0n) is 10.1. The van der Waals surface area contributed by atoms with Gasteiger partial charge in [-0.25, -0.2) is 4.79 Å². The standard InChI is InChI=1S/C11H16N2O6/c14-3-6-7(5-19-8(4-15)10(6)17)13-2-1-9(16)12-11(13)18/h1-2,6-8,10,14-15,17H,3-5H2,(H,12,16,18)/t6?,7-,8-,10+/m1/s1. The second-order valence-electron chi connectivity index (χ2n) is 4.48. The molecule has 0 saturated carbocycles. The fourth-order valence-electron chi connectivity index (χ4n) is 2.31. The first-order valence-corrected chi connectivity index (χ1v) is 5.91. The Morgan fingerprint density at radius 3 is 2.68 bits per heavy atom. The van der Waals surface area contributed by atoms with Gasteiger partial charge in [-0.3, -0.25) is 14.3 Å². The third kappa shape index (κ3) is 2.61. The first-order chi connectivity index (χ1) is 9.08. The van der Waals surface area contributed by atoms with Crippen molar-refractivity contribution in [3.8, 4) is 0 Å². The predicted octanol–water partition coefficient (Wildman–Crippen LogP) is -2.56. The van der Waals surface area contributed by atoms with Crippen molar-refractivity contribution in [2.75, 3.05) is 19.8 Å². The van der Waals surface area contributed by atoms with Crippen LogP contribution in [0.5, 0.6) is 0 Å². The van der Waals surface area contributed by atoms with Crippen molar-refractivity contribution in [3.05, 3.63) is 33.1 Å². The summed E-state index contributed by atoms with van der Waals surface area (Å²) >= 11 is 0. The minimum atomic E-state index is -1.09. The number of aromatic nitrogens is 2. The van der Waals surface area contributed by atoms with Crippen molar-refractivity contribution in [1.29, 1.82) is 0 Å². The van der Waals surface area contributed by atoms with Gasteiger partial charge in [0.2, 0.25) is 0 Å². The second-order valence-corrected chi connectivity index (χ2v) is 4.48. The Morgan fingerprint density at radius 1 is 1.37 bits per heavy atom. The van der Waals surface area contributed by atoms with E-state index < -0.39 is 35.4 Å². The molecule has 1 unspecified atom stereocenters. The monoisotopic (exact) mass is 272 g/mol. The van der Waals surface area contributed by atoms with Gasteiger partial charge in [-0.05, 0) is 0 Å². The molecule has 1 aromatic rings. The van der Waals surface area contributed by atoms with E-state index in [0.29, 0.717) is 0 Å². The van der Waals surface area contributed by atoms with Crippen LogP contribution >= 0.6 is 0 Å². The highest BCUT2D eigenvalue weighted by molar-refractivity contribution is 4.93. The fraction of sp³-hybridized carbons (Fsp3) is 0.636. The van der Waals surface area contributed by atoms with Gasteiger partial charge in [0.15, 0.2) is 0 Å². The van der Waals surface area contributed by atoms with Gasteiger partial charge >= 0.3 is 5.69 Å². The molecule has 1 saturated heterocycles. The molecule has 4 N–H and O–H groups in total. The highest BCUT2D eigenvalue weighted by Gasteiger charge is 2.39. The maximum atomic E-state index is 11.7. The molecule has 1 aromatic heterocycles. The number of ether oxygens (including phenoxy) is 1. The fourth-order valence-corrected chi connectivity index (χ4v) is 2.31. The van der Waals surface area contributed by atoms with Gasteiger partial charge in [0.05, 0.1) is 32.0 Å². The Morgan fingerprint density at radius 2 is 2.11 bits per heavy atom. The number of H-pyrrole nitrogens is 1. The summed E-state index contributed by atoms with van der Waals surface area (Å²) in [7, 11) is 0. The molecule has 4 atom stereocenters. The Kier molecular flexibility index (Phi) is 4.15. The normalized spacial score (nSPS) is 31.3. The van der Waals surface area contributed by atoms with Gasteiger partial charge in [0.1, 0.15) is 6.10 Å². The topological polar surface area (TPSA) is 125 Å². The van der Waals surface area contributed by atoms with E-state index in [4.69, 9.17) is 9.84 Å². The molecule has 19 heavy (non-hydrogen) atoms. The van der Waals surface area contributed by atoms with E-state index in [0.717, 1.165) is 0 Å². The molecule has 1 fully saturated rings. The van der Waals surface area contributed by atoms with Crippen molar-refractivity contribution in [1.82, 2.24) is 9.55 Å². The third-order valence-corrected chi connectivity index (χ3v) is 3.39. The molecular formula is C11H16N2O6. The van der Waals surface area contributed by atoms with Crippen LogP contribution in [0.15, 0.2) is 21.9 Å². The van der Waals surface area contributed by atoms with E-state index in [9.17, 15) is 19.8 Å². The molecule has 0 aromatic carbocycles. The Bertz CT molecular complexity index is 538. The summed E-state index contributed by atoms with van der Waals surface area (Å²) in [5.74, 6) is -0.658. The summed E-state index contributed by atoms with van der Waals surface area (Å²) in [5, 5.41) is 28.4. The van der Waals surface area contributed by atoms with Crippen LogP contribution < -0.4 is 11.2 Å². The van der Waals surface area contributed by atoms with Crippen LogP contribution in [0.4, 0.5) is 0 Å². The molecule has 106 valence electrons. The molecule has 2 heterocycles. The number of nitrogens with zero attached hydrogens (tertiary/aromatic N) is 1. The number of aliphatic hydroxyl groups is 3. The maximum Gasteiger partial charge on any atom is 0.328 e. The summed E-state index contributed by atoms with van der Waals surface area (Å²) in [5.41, 5.74) is -1.15. The Labute approximate surface area is 107 Å².